The molecule has 0 spiro atoms. The first-order chi connectivity index (χ1) is 12.3. The smallest absolute Gasteiger partial charge is 0.254 e. The van der Waals surface area contributed by atoms with Crippen LogP contribution in [0.4, 0.5) is 5.69 Å². The number of carbonyl (C=O) groups is 2. The lowest BCUT2D eigenvalue weighted by Gasteiger charge is -2.24. The molecule has 1 saturated heterocycles. The molecule has 0 radical (unpaired) electrons. The highest BCUT2D eigenvalue weighted by molar-refractivity contribution is 6.35. The van der Waals surface area contributed by atoms with Crippen molar-refractivity contribution in [2.24, 2.45) is 0 Å². The number of rotatable bonds is 3. The van der Waals surface area contributed by atoms with E-state index >= 15 is 0 Å². The zero-order valence-electron chi connectivity index (χ0n) is 14.7. The molecule has 0 aromatic heterocycles. The maximum atomic E-state index is 12.9. The van der Waals surface area contributed by atoms with Crippen LogP contribution in [0.5, 0.6) is 0 Å². The van der Waals surface area contributed by atoms with Gasteiger partial charge in [-0.2, -0.15) is 0 Å². The summed E-state index contributed by atoms with van der Waals surface area (Å²) in [6, 6.07) is 10.1. The highest BCUT2D eigenvalue weighted by Crippen LogP contribution is 2.25. The first-order valence-corrected chi connectivity index (χ1v) is 9.25. The molecule has 1 unspecified atom stereocenters. The standard InChI is InChI=1S/C20H20Cl2N2O2/c1-12-6-13(2)8-17(7-12)23-19(25)18-4-3-5-24(18)20(26)14-9-15(21)11-16(22)10-14/h6-11,18H,3-5H2,1-2H3,(H,23,25). The molecule has 0 aliphatic carbocycles. The second kappa shape index (κ2) is 7.68. The molecule has 1 atom stereocenters. The summed E-state index contributed by atoms with van der Waals surface area (Å²) >= 11 is 12.0. The maximum absolute atomic E-state index is 12.9. The molecule has 1 heterocycles. The zero-order valence-corrected chi connectivity index (χ0v) is 16.2. The van der Waals surface area contributed by atoms with Crippen LogP contribution >= 0.6 is 23.2 Å². The molecule has 6 heteroatoms. The minimum atomic E-state index is -0.499. The first kappa shape index (κ1) is 18.7. The van der Waals surface area contributed by atoms with E-state index in [4.69, 9.17) is 23.2 Å². The van der Waals surface area contributed by atoms with Crippen molar-refractivity contribution in [3.63, 3.8) is 0 Å². The minimum Gasteiger partial charge on any atom is -0.327 e. The fourth-order valence-corrected chi connectivity index (χ4v) is 3.92. The third kappa shape index (κ3) is 4.19. The molecule has 1 fully saturated rings. The Kier molecular flexibility index (Phi) is 5.54. The molecule has 0 saturated carbocycles. The molecule has 4 nitrogen and oxygen atoms in total. The Hall–Kier alpha value is -2.04. The molecule has 0 bridgehead atoms. The van der Waals surface area contributed by atoms with Gasteiger partial charge in [0.2, 0.25) is 5.91 Å². The van der Waals surface area contributed by atoms with Gasteiger partial charge in [-0.3, -0.25) is 9.59 Å². The summed E-state index contributed by atoms with van der Waals surface area (Å²) in [5, 5.41) is 3.74. The van der Waals surface area contributed by atoms with E-state index in [-0.39, 0.29) is 11.8 Å². The predicted molar refractivity (Wildman–Crippen MR) is 105 cm³/mol. The zero-order chi connectivity index (χ0) is 18.8. The van der Waals surface area contributed by atoms with E-state index in [1.54, 1.807) is 23.1 Å². The van der Waals surface area contributed by atoms with Gasteiger partial charge in [-0.05, 0) is 68.1 Å². The normalized spacial score (nSPS) is 16.6. The van der Waals surface area contributed by atoms with E-state index < -0.39 is 6.04 Å². The Balaban J connectivity index is 1.78. The van der Waals surface area contributed by atoms with Crippen molar-refractivity contribution in [1.29, 1.82) is 0 Å². The highest BCUT2D eigenvalue weighted by atomic mass is 35.5. The van der Waals surface area contributed by atoms with Gasteiger partial charge in [0, 0.05) is 27.8 Å². The second-order valence-electron chi connectivity index (χ2n) is 6.68. The molecule has 26 heavy (non-hydrogen) atoms. The topological polar surface area (TPSA) is 49.4 Å². The van der Waals surface area contributed by atoms with E-state index in [1.165, 1.54) is 0 Å². The first-order valence-electron chi connectivity index (χ1n) is 8.50. The van der Waals surface area contributed by atoms with Gasteiger partial charge in [0.1, 0.15) is 6.04 Å². The molecular formula is C20H20Cl2N2O2. The molecular weight excluding hydrogens is 371 g/mol. The van der Waals surface area contributed by atoms with Gasteiger partial charge in [0.25, 0.3) is 5.91 Å². The summed E-state index contributed by atoms with van der Waals surface area (Å²) in [5.41, 5.74) is 3.30. The van der Waals surface area contributed by atoms with Crippen molar-refractivity contribution in [3.05, 3.63) is 63.1 Å². The molecule has 2 amide bonds. The van der Waals surface area contributed by atoms with Gasteiger partial charge in [-0.15, -0.1) is 0 Å². The van der Waals surface area contributed by atoms with Crippen molar-refractivity contribution in [1.82, 2.24) is 4.90 Å². The average Bonchev–Trinajstić information content (AvgIpc) is 3.01. The van der Waals surface area contributed by atoms with E-state index in [0.717, 1.165) is 23.2 Å². The number of nitrogens with zero attached hydrogens (tertiary/aromatic N) is 1. The Labute approximate surface area is 163 Å². The number of hydrogen-bond donors (Lipinski definition) is 1. The van der Waals surface area contributed by atoms with Crippen molar-refractivity contribution >= 4 is 40.7 Å². The number of hydrogen-bond acceptors (Lipinski definition) is 2. The quantitative estimate of drug-likeness (QED) is 0.813. The van der Waals surface area contributed by atoms with Gasteiger partial charge < -0.3 is 10.2 Å². The highest BCUT2D eigenvalue weighted by Gasteiger charge is 2.34. The third-order valence-corrected chi connectivity index (χ3v) is 4.85. The molecule has 2 aromatic carbocycles. The van der Waals surface area contributed by atoms with Crippen molar-refractivity contribution in [2.45, 2.75) is 32.7 Å². The number of amides is 2. The Bertz CT molecular complexity index is 826. The molecule has 2 aromatic rings. The van der Waals surface area contributed by atoms with Crippen LogP contribution in [-0.2, 0) is 4.79 Å². The monoisotopic (exact) mass is 390 g/mol. The molecule has 1 N–H and O–H groups in total. The summed E-state index contributed by atoms with van der Waals surface area (Å²) in [7, 11) is 0. The minimum absolute atomic E-state index is 0.172. The summed E-state index contributed by atoms with van der Waals surface area (Å²) in [6.07, 6.45) is 1.42. The lowest BCUT2D eigenvalue weighted by Crippen LogP contribution is -2.43. The molecule has 136 valence electrons. The van der Waals surface area contributed by atoms with Crippen LogP contribution in [0.3, 0.4) is 0 Å². The predicted octanol–water partition coefficient (Wildman–Crippen LogP) is 4.85. The number of likely N-dealkylation sites (tertiary alicyclic amines) is 1. The lowest BCUT2D eigenvalue weighted by molar-refractivity contribution is -0.119. The number of aryl methyl sites for hydroxylation is 2. The lowest BCUT2D eigenvalue weighted by atomic mass is 10.1. The molecule has 3 rings (SSSR count). The fraction of sp³-hybridized carbons (Fsp3) is 0.300. The van der Waals surface area contributed by atoms with E-state index in [0.29, 0.717) is 28.6 Å². The summed E-state index contributed by atoms with van der Waals surface area (Å²) in [4.78, 5) is 27.2. The van der Waals surface area contributed by atoms with Crippen LogP contribution < -0.4 is 5.32 Å². The van der Waals surface area contributed by atoms with Crippen molar-refractivity contribution in [3.8, 4) is 0 Å². The second-order valence-corrected chi connectivity index (χ2v) is 7.55. The fourth-order valence-electron chi connectivity index (χ4n) is 3.40. The van der Waals surface area contributed by atoms with Gasteiger partial charge in [0.15, 0.2) is 0 Å². The largest absolute Gasteiger partial charge is 0.327 e. The van der Waals surface area contributed by atoms with Crippen molar-refractivity contribution in [2.75, 3.05) is 11.9 Å². The van der Waals surface area contributed by atoms with Crippen molar-refractivity contribution < 1.29 is 9.59 Å². The Morgan fingerprint density at radius 2 is 1.62 bits per heavy atom. The third-order valence-electron chi connectivity index (χ3n) is 4.42. The number of benzene rings is 2. The molecule has 1 aliphatic rings. The van der Waals surface area contributed by atoms with Crippen LogP contribution in [-0.4, -0.2) is 29.3 Å². The van der Waals surface area contributed by atoms with Gasteiger partial charge in [-0.25, -0.2) is 0 Å². The maximum Gasteiger partial charge on any atom is 0.254 e. The van der Waals surface area contributed by atoms with Gasteiger partial charge in [0.05, 0.1) is 0 Å². The van der Waals surface area contributed by atoms with E-state index in [2.05, 4.69) is 5.32 Å². The average molecular weight is 391 g/mol. The van der Waals surface area contributed by atoms with E-state index in [9.17, 15) is 9.59 Å². The summed E-state index contributed by atoms with van der Waals surface area (Å²) < 4.78 is 0. The van der Waals surface area contributed by atoms with Crippen LogP contribution in [0, 0.1) is 13.8 Å². The SMILES string of the molecule is Cc1cc(C)cc(NC(=O)C2CCCN2C(=O)c2cc(Cl)cc(Cl)c2)c1. The van der Waals surface area contributed by atoms with Crippen LogP contribution in [0.2, 0.25) is 10.0 Å². The number of anilines is 1. The van der Waals surface area contributed by atoms with Crippen LogP contribution in [0.25, 0.3) is 0 Å². The Morgan fingerprint density at radius 1 is 1.00 bits per heavy atom. The van der Waals surface area contributed by atoms with Gasteiger partial charge >= 0.3 is 0 Å². The van der Waals surface area contributed by atoms with Crippen LogP contribution in [0.1, 0.15) is 34.3 Å². The molecule has 1 aliphatic heterocycles. The Morgan fingerprint density at radius 3 is 2.23 bits per heavy atom. The van der Waals surface area contributed by atoms with Gasteiger partial charge in [-0.1, -0.05) is 29.3 Å². The number of nitrogens with one attached hydrogen (secondary N) is 1. The summed E-state index contributed by atoms with van der Waals surface area (Å²) in [5.74, 6) is -0.401. The van der Waals surface area contributed by atoms with Crippen LogP contribution in [0.15, 0.2) is 36.4 Å². The number of carbonyl (C=O) groups excluding carboxylic acids is 2. The number of halogens is 2. The van der Waals surface area contributed by atoms with E-state index in [1.807, 2.05) is 32.0 Å². The summed E-state index contributed by atoms with van der Waals surface area (Å²) in [6.45, 7) is 4.50.